The van der Waals surface area contributed by atoms with E-state index in [0.29, 0.717) is 29.2 Å². The Kier molecular flexibility index (Phi) is 4.78. The van der Waals surface area contributed by atoms with Crippen LogP contribution in [0.25, 0.3) is 0 Å². The smallest absolute Gasteiger partial charge is 0.252 e. The van der Waals surface area contributed by atoms with E-state index in [9.17, 15) is 9.59 Å². The van der Waals surface area contributed by atoms with Gasteiger partial charge in [-0.25, -0.2) is 0 Å². The summed E-state index contributed by atoms with van der Waals surface area (Å²) in [7, 11) is 0. The summed E-state index contributed by atoms with van der Waals surface area (Å²) >= 11 is 5.87. The maximum Gasteiger partial charge on any atom is 0.252 e. The number of nitrogens with one attached hydrogen (secondary N) is 1. The predicted molar refractivity (Wildman–Crippen MR) is 66.6 cm³/mol. The van der Waals surface area contributed by atoms with Crippen LogP contribution in [0.1, 0.15) is 23.2 Å². The summed E-state index contributed by atoms with van der Waals surface area (Å²) in [6, 6.07) is 4.67. The van der Waals surface area contributed by atoms with Gasteiger partial charge in [-0.05, 0) is 24.6 Å². The van der Waals surface area contributed by atoms with Crippen LogP contribution >= 0.6 is 11.6 Å². The number of anilines is 1. The number of rotatable bonds is 5. The van der Waals surface area contributed by atoms with Crippen molar-refractivity contribution in [3.05, 3.63) is 28.8 Å². The molecule has 1 aromatic rings. The minimum Gasteiger partial charge on any atom is -0.399 e. The average Bonchev–Trinajstić information content (AvgIpc) is 2.23. The summed E-state index contributed by atoms with van der Waals surface area (Å²) in [5.74, 6) is -0.677. The monoisotopic (exact) mass is 255 g/mol. The normalized spacial score (nSPS) is 9.94. The first-order valence-corrected chi connectivity index (χ1v) is 5.50. The third-order valence-corrected chi connectivity index (χ3v) is 2.44. The molecule has 0 bridgehead atoms. The molecule has 2 amide bonds. The van der Waals surface area contributed by atoms with E-state index in [1.54, 1.807) is 12.1 Å². The van der Waals surface area contributed by atoms with E-state index in [0.717, 1.165) is 0 Å². The molecule has 1 aromatic carbocycles. The molecule has 0 saturated carbocycles. The minimum absolute atomic E-state index is 0.246. The van der Waals surface area contributed by atoms with Gasteiger partial charge in [-0.1, -0.05) is 11.6 Å². The Morgan fingerprint density at radius 1 is 1.35 bits per heavy atom. The predicted octanol–water partition coefficient (Wildman–Crippen LogP) is 0.917. The fourth-order valence-corrected chi connectivity index (χ4v) is 1.55. The Hall–Kier alpha value is -1.75. The fraction of sp³-hybridized carbons (Fsp3) is 0.273. The minimum atomic E-state index is -0.384. The lowest BCUT2D eigenvalue weighted by Gasteiger charge is -2.06. The number of halogens is 1. The first-order valence-electron chi connectivity index (χ1n) is 5.12. The van der Waals surface area contributed by atoms with Gasteiger partial charge in [0.1, 0.15) is 0 Å². The van der Waals surface area contributed by atoms with Crippen LogP contribution in [0, 0.1) is 0 Å². The van der Waals surface area contributed by atoms with E-state index in [-0.39, 0.29) is 18.2 Å². The molecule has 17 heavy (non-hydrogen) atoms. The standard InChI is InChI=1S/C11H14ClN3O2/c12-9-6-7(13)3-4-8(9)11(17)15-5-1-2-10(14)16/h3-4,6H,1-2,5,13H2,(H2,14,16)(H,15,17). The van der Waals surface area contributed by atoms with E-state index in [1.807, 2.05) is 0 Å². The van der Waals surface area contributed by atoms with Crippen molar-refractivity contribution in [1.29, 1.82) is 0 Å². The van der Waals surface area contributed by atoms with E-state index < -0.39 is 0 Å². The molecule has 0 heterocycles. The molecule has 5 nitrogen and oxygen atoms in total. The molecule has 0 aliphatic heterocycles. The molecule has 0 saturated heterocycles. The van der Waals surface area contributed by atoms with Gasteiger partial charge in [0.15, 0.2) is 0 Å². The Labute approximate surface area is 104 Å². The Balaban J connectivity index is 2.50. The summed E-state index contributed by atoms with van der Waals surface area (Å²) in [5, 5.41) is 2.95. The number of nitrogen functional groups attached to an aromatic ring is 1. The average molecular weight is 256 g/mol. The SMILES string of the molecule is NC(=O)CCCNC(=O)c1ccc(N)cc1Cl. The molecule has 0 fully saturated rings. The number of benzene rings is 1. The number of nitrogens with two attached hydrogens (primary N) is 2. The van der Waals surface area contributed by atoms with Gasteiger partial charge >= 0.3 is 0 Å². The van der Waals surface area contributed by atoms with Gasteiger partial charge in [-0.2, -0.15) is 0 Å². The lowest BCUT2D eigenvalue weighted by atomic mass is 10.2. The molecular formula is C11H14ClN3O2. The van der Waals surface area contributed by atoms with Crippen LogP contribution in [-0.2, 0) is 4.79 Å². The number of primary amides is 1. The molecular weight excluding hydrogens is 242 g/mol. The van der Waals surface area contributed by atoms with Gasteiger partial charge < -0.3 is 16.8 Å². The second-order valence-electron chi connectivity index (χ2n) is 3.57. The van der Waals surface area contributed by atoms with E-state index in [1.165, 1.54) is 6.07 Å². The van der Waals surface area contributed by atoms with Crippen molar-refractivity contribution in [2.45, 2.75) is 12.8 Å². The first-order chi connectivity index (χ1) is 8.00. The molecule has 0 aromatic heterocycles. The van der Waals surface area contributed by atoms with E-state index in [2.05, 4.69) is 5.32 Å². The van der Waals surface area contributed by atoms with Crippen molar-refractivity contribution >= 4 is 29.1 Å². The van der Waals surface area contributed by atoms with Crippen molar-refractivity contribution in [2.24, 2.45) is 5.73 Å². The maximum atomic E-state index is 11.7. The second kappa shape index (κ2) is 6.10. The third-order valence-electron chi connectivity index (χ3n) is 2.12. The quantitative estimate of drug-likeness (QED) is 0.539. The number of carbonyl (C=O) groups is 2. The maximum absolute atomic E-state index is 11.7. The van der Waals surface area contributed by atoms with Crippen LogP contribution in [0.15, 0.2) is 18.2 Å². The number of amides is 2. The Morgan fingerprint density at radius 3 is 2.65 bits per heavy atom. The van der Waals surface area contributed by atoms with Crippen LogP contribution in [0.4, 0.5) is 5.69 Å². The van der Waals surface area contributed by atoms with Crippen molar-refractivity contribution in [1.82, 2.24) is 5.32 Å². The zero-order valence-electron chi connectivity index (χ0n) is 9.20. The van der Waals surface area contributed by atoms with Crippen LogP contribution in [0.5, 0.6) is 0 Å². The van der Waals surface area contributed by atoms with Crippen LogP contribution in [0.3, 0.4) is 0 Å². The van der Waals surface area contributed by atoms with E-state index >= 15 is 0 Å². The highest BCUT2D eigenvalue weighted by Crippen LogP contribution is 2.18. The molecule has 0 unspecified atom stereocenters. The third kappa shape index (κ3) is 4.32. The highest BCUT2D eigenvalue weighted by molar-refractivity contribution is 6.34. The van der Waals surface area contributed by atoms with Crippen LogP contribution in [-0.4, -0.2) is 18.4 Å². The topological polar surface area (TPSA) is 98.2 Å². The molecule has 5 N–H and O–H groups in total. The molecule has 0 aliphatic carbocycles. The second-order valence-corrected chi connectivity index (χ2v) is 3.97. The lowest BCUT2D eigenvalue weighted by molar-refractivity contribution is -0.118. The molecule has 0 radical (unpaired) electrons. The largest absolute Gasteiger partial charge is 0.399 e. The summed E-state index contributed by atoms with van der Waals surface area (Å²) < 4.78 is 0. The zero-order chi connectivity index (χ0) is 12.8. The summed E-state index contributed by atoms with van der Waals surface area (Å²) in [6.07, 6.45) is 0.753. The first kappa shape index (κ1) is 13.3. The highest BCUT2D eigenvalue weighted by atomic mass is 35.5. The van der Waals surface area contributed by atoms with Gasteiger partial charge in [-0.3, -0.25) is 9.59 Å². The molecule has 6 heteroatoms. The highest BCUT2D eigenvalue weighted by Gasteiger charge is 2.09. The zero-order valence-corrected chi connectivity index (χ0v) is 9.96. The van der Waals surface area contributed by atoms with Crippen molar-refractivity contribution in [2.75, 3.05) is 12.3 Å². The van der Waals surface area contributed by atoms with Crippen molar-refractivity contribution in [3.8, 4) is 0 Å². The molecule has 0 atom stereocenters. The number of hydrogen-bond donors (Lipinski definition) is 3. The molecule has 0 spiro atoms. The number of carbonyl (C=O) groups excluding carboxylic acids is 2. The van der Waals surface area contributed by atoms with Crippen LogP contribution < -0.4 is 16.8 Å². The summed E-state index contributed by atoms with van der Waals surface area (Å²) in [5.41, 5.74) is 11.4. The summed E-state index contributed by atoms with van der Waals surface area (Å²) in [4.78, 5) is 22.1. The summed E-state index contributed by atoms with van der Waals surface area (Å²) in [6.45, 7) is 0.377. The molecule has 1 rings (SSSR count). The van der Waals surface area contributed by atoms with E-state index in [4.69, 9.17) is 23.1 Å². The Bertz CT molecular complexity index is 435. The molecule has 92 valence electrons. The van der Waals surface area contributed by atoms with Crippen molar-refractivity contribution < 1.29 is 9.59 Å². The Morgan fingerprint density at radius 2 is 2.06 bits per heavy atom. The van der Waals surface area contributed by atoms with Gasteiger partial charge in [0.2, 0.25) is 5.91 Å². The van der Waals surface area contributed by atoms with Crippen molar-refractivity contribution in [3.63, 3.8) is 0 Å². The van der Waals surface area contributed by atoms with Gasteiger partial charge in [0, 0.05) is 18.7 Å². The fourth-order valence-electron chi connectivity index (χ4n) is 1.28. The van der Waals surface area contributed by atoms with Gasteiger partial charge in [0.05, 0.1) is 10.6 Å². The molecule has 0 aliphatic rings. The van der Waals surface area contributed by atoms with Gasteiger partial charge in [0.25, 0.3) is 5.91 Å². The van der Waals surface area contributed by atoms with Crippen LogP contribution in [0.2, 0.25) is 5.02 Å². The van der Waals surface area contributed by atoms with Gasteiger partial charge in [-0.15, -0.1) is 0 Å². The number of hydrogen-bond acceptors (Lipinski definition) is 3. The lowest BCUT2D eigenvalue weighted by Crippen LogP contribution is -2.25.